The first-order valence-corrected chi connectivity index (χ1v) is 16.5. The molecule has 45 heavy (non-hydrogen) atoms. The zero-order chi connectivity index (χ0) is 31.4. The molecular weight excluding hydrogens is 584 g/mol. The largest absolute Gasteiger partial charge is 0.480 e. The summed E-state index contributed by atoms with van der Waals surface area (Å²) in [6.45, 7) is 2.96. The third-order valence-corrected chi connectivity index (χ3v) is 10.6. The molecule has 1 atom stereocenters. The molecule has 1 aliphatic rings. The van der Waals surface area contributed by atoms with Crippen LogP contribution < -0.4 is 0 Å². The van der Waals surface area contributed by atoms with Gasteiger partial charge in [-0.2, -0.15) is 4.31 Å². The monoisotopic (exact) mass is 620 g/mol. The molecule has 0 amide bonds. The minimum absolute atomic E-state index is 0.182. The average molecular weight is 621 g/mol. The van der Waals surface area contributed by atoms with E-state index in [0.29, 0.717) is 18.8 Å². The number of aryl methyl sites for hydroxylation is 1. The molecule has 1 aliphatic heterocycles. The summed E-state index contributed by atoms with van der Waals surface area (Å²) < 4.78 is 30.0. The summed E-state index contributed by atoms with van der Waals surface area (Å²) in [6.07, 6.45) is 3.91. The van der Waals surface area contributed by atoms with Crippen LogP contribution in [0.2, 0.25) is 0 Å². The number of hydrogen-bond donors (Lipinski definition) is 1. The lowest BCUT2D eigenvalue weighted by Gasteiger charge is -2.37. The fraction of sp³-hybridized carbons (Fsp3) is 0.222. The van der Waals surface area contributed by atoms with Gasteiger partial charge in [0.2, 0.25) is 10.0 Å². The first kappa shape index (κ1) is 30.5. The van der Waals surface area contributed by atoms with Crippen LogP contribution in [-0.2, 0) is 26.8 Å². The van der Waals surface area contributed by atoms with Gasteiger partial charge in [-0.15, -0.1) is 0 Å². The first-order valence-electron chi connectivity index (χ1n) is 15.0. The third kappa shape index (κ3) is 5.94. The number of benzene rings is 4. The lowest BCUT2D eigenvalue weighted by molar-refractivity contribution is -0.143. The molecule has 5 aromatic rings. The second-order valence-corrected chi connectivity index (χ2v) is 13.3. The van der Waals surface area contributed by atoms with Crippen LogP contribution in [0.1, 0.15) is 27.9 Å². The van der Waals surface area contributed by atoms with Gasteiger partial charge in [0.25, 0.3) is 0 Å². The second-order valence-electron chi connectivity index (χ2n) is 11.4. The molecule has 6 rings (SSSR count). The summed E-state index contributed by atoms with van der Waals surface area (Å²) in [5.74, 6) is -0.958. The van der Waals surface area contributed by atoms with E-state index < -0.39 is 27.6 Å². The van der Waals surface area contributed by atoms with Gasteiger partial charge in [-0.1, -0.05) is 109 Å². The molecule has 2 heterocycles. The van der Waals surface area contributed by atoms with Gasteiger partial charge in [-0.05, 0) is 35.7 Å². The molecule has 230 valence electrons. The molecule has 4 aromatic carbocycles. The molecule has 0 bridgehead atoms. The number of aliphatic carboxylic acids is 1. The summed E-state index contributed by atoms with van der Waals surface area (Å²) in [5.41, 5.74) is 4.03. The summed E-state index contributed by atoms with van der Waals surface area (Å²) >= 11 is 0. The smallest absolute Gasteiger partial charge is 0.321 e. The number of nitrogens with zero attached hydrogens (tertiary/aromatic N) is 4. The molecule has 8 nitrogen and oxygen atoms in total. The van der Waals surface area contributed by atoms with Gasteiger partial charge in [0.05, 0.1) is 16.9 Å². The molecule has 1 aromatic heterocycles. The van der Waals surface area contributed by atoms with E-state index in [1.165, 1.54) is 4.31 Å². The molecule has 9 heteroatoms. The van der Waals surface area contributed by atoms with Gasteiger partial charge in [0.1, 0.15) is 11.6 Å². The summed E-state index contributed by atoms with van der Waals surface area (Å²) in [5, 5.41) is 10.3. The van der Waals surface area contributed by atoms with Crippen LogP contribution in [0.15, 0.2) is 133 Å². The van der Waals surface area contributed by atoms with Gasteiger partial charge in [-0.25, -0.2) is 13.4 Å². The van der Waals surface area contributed by atoms with Crippen molar-refractivity contribution in [3.8, 4) is 0 Å². The van der Waals surface area contributed by atoms with Crippen molar-refractivity contribution >= 4 is 16.0 Å². The number of carbonyl (C=O) groups is 1. The third-order valence-electron chi connectivity index (χ3n) is 8.66. The number of imidazole rings is 1. The van der Waals surface area contributed by atoms with Gasteiger partial charge in [0.15, 0.2) is 0 Å². The Balaban J connectivity index is 1.29. The number of sulfonamides is 1. The highest BCUT2D eigenvalue weighted by Gasteiger charge is 2.39. The Morgan fingerprint density at radius 1 is 0.778 bits per heavy atom. The van der Waals surface area contributed by atoms with Crippen molar-refractivity contribution in [1.82, 2.24) is 18.8 Å². The predicted molar refractivity (Wildman–Crippen MR) is 173 cm³/mol. The van der Waals surface area contributed by atoms with Crippen LogP contribution in [0.5, 0.6) is 0 Å². The van der Waals surface area contributed by atoms with E-state index in [9.17, 15) is 18.3 Å². The maximum absolute atomic E-state index is 13.2. The van der Waals surface area contributed by atoms with Crippen molar-refractivity contribution in [2.24, 2.45) is 0 Å². The lowest BCUT2D eigenvalue weighted by atomic mass is 9.77. The quantitative estimate of drug-likeness (QED) is 0.220. The number of hydrogen-bond acceptors (Lipinski definition) is 5. The highest BCUT2D eigenvalue weighted by atomic mass is 32.2. The zero-order valence-corrected chi connectivity index (χ0v) is 25.9. The summed E-state index contributed by atoms with van der Waals surface area (Å²) in [4.78, 5) is 19.4. The van der Waals surface area contributed by atoms with Crippen molar-refractivity contribution in [3.05, 3.63) is 156 Å². The Morgan fingerprint density at radius 2 is 1.27 bits per heavy atom. The Hall–Kier alpha value is -4.57. The van der Waals surface area contributed by atoms with Crippen molar-refractivity contribution in [2.45, 2.75) is 29.8 Å². The van der Waals surface area contributed by atoms with E-state index >= 15 is 0 Å². The highest BCUT2D eigenvalue weighted by molar-refractivity contribution is 7.89. The van der Waals surface area contributed by atoms with Gasteiger partial charge in [0, 0.05) is 38.8 Å². The minimum atomic E-state index is -3.66. The number of carboxylic acid groups (broad SMARTS) is 1. The fourth-order valence-corrected chi connectivity index (χ4v) is 7.75. The van der Waals surface area contributed by atoms with Crippen LogP contribution >= 0.6 is 0 Å². The van der Waals surface area contributed by atoms with Gasteiger partial charge in [-0.3, -0.25) is 9.69 Å². The number of carboxylic acids is 1. The second kappa shape index (κ2) is 12.8. The molecule has 0 aliphatic carbocycles. The van der Waals surface area contributed by atoms with Crippen LogP contribution in [0.25, 0.3) is 0 Å². The number of aromatic nitrogens is 2. The van der Waals surface area contributed by atoms with Crippen molar-refractivity contribution in [2.75, 3.05) is 26.2 Å². The minimum Gasteiger partial charge on any atom is -0.480 e. The number of piperazine rings is 1. The zero-order valence-electron chi connectivity index (χ0n) is 25.1. The van der Waals surface area contributed by atoms with Crippen molar-refractivity contribution in [3.63, 3.8) is 0 Å². The maximum atomic E-state index is 13.2. The Labute approximate surface area is 264 Å². The normalized spacial score (nSPS) is 15.5. The standard InChI is InChI=1S/C36H36N4O4S/c1-28-17-19-33(20-18-28)45(43,44)40-23-21-38(22-24-40)34(35(41)42)25-32-26-39(27-37-32)36(29-11-5-2-6-12-29,30-13-7-3-8-14-30)31-15-9-4-10-16-31/h2-20,26-27,34H,21-25H2,1H3,(H,41,42)/t34-/m0/s1. The molecule has 0 saturated carbocycles. The molecule has 0 radical (unpaired) electrons. The Bertz CT molecular complexity index is 1740. The van der Waals surface area contributed by atoms with E-state index in [2.05, 4.69) is 41.0 Å². The lowest BCUT2D eigenvalue weighted by Crippen LogP contribution is -2.54. The molecule has 0 unspecified atom stereocenters. The average Bonchev–Trinajstić information content (AvgIpc) is 3.54. The maximum Gasteiger partial charge on any atom is 0.321 e. The molecule has 1 N–H and O–H groups in total. The summed E-state index contributed by atoms with van der Waals surface area (Å²) in [6, 6.07) is 36.7. The molecule has 0 spiro atoms. The highest BCUT2D eigenvalue weighted by Crippen LogP contribution is 2.40. The fourth-order valence-electron chi connectivity index (χ4n) is 6.32. The van der Waals surface area contributed by atoms with E-state index in [1.807, 2.05) is 72.6 Å². The van der Waals surface area contributed by atoms with E-state index in [-0.39, 0.29) is 24.4 Å². The van der Waals surface area contributed by atoms with Crippen molar-refractivity contribution < 1.29 is 18.3 Å². The molecule has 1 saturated heterocycles. The molecular formula is C36H36N4O4S. The topological polar surface area (TPSA) is 95.7 Å². The first-order chi connectivity index (χ1) is 21.8. The SMILES string of the molecule is Cc1ccc(S(=O)(=O)N2CCN([C@@H](Cc3cn(C(c4ccccc4)(c4ccccc4)c4ccccc4)cn3)C(=O)O)CC2)cc1. The predicted octanol–water partition coefficient (Wildman–Crippen LogP) is 5.03. The summed E-state index contributed by atoms with van der Waals surface area (Å²) in [7, 11) is -3.66. The Morgan fingerprint density at radius 3 is 1.73 bits per heavy atom. The number of rotatable bonds is 10. The van der Waals surface area contributed by atoms with Crippen LogP contribution in [0.4, 0.5) is 0 Å². The van der Waals surface area contributed by atoms with E-state index in [0.717, 1.165) is 22.3 Å². The molecule has 1 fully saturated rings. The van der Waals surface area contributed by atoms with Gasteiger partial charge >= 0.3 is 5.97 Å². The van der Waals surface area contributed by atoms with E-state index in [4.69, 9.17) is 4.98 Å². The van der Waals surface area contributed by atoms with Gasteiger partial charge < -0.3 is 9.67 Å². The van der Waals surface area contributed by atoms with Crippen molar-refractivity contribution in [1.29, 1.82) is 0 Å². The van der Waals surface area contributed by atoms with Crippen LogP contribution in [0, 0.1) is 6.92 Å². The Kier molecular flexibility index (Phi) is 8.67. The van der Waals surface area contributed by atoms with Crippen LogP contribution in [0.3, 0.4) is 0 Å². The van der Waals surface area contributed by atoms with Crippen LogP contribution in [-0.4, -0.2) is 70.5 Å². The van der Waals surface area contributed by atoms with E-state index in [1.54, 1.807) is 30.6 Å².